The van der Waals surface area contributed by atoms with Crippen LogP contribution in [0.1, 0.15) is 34.1 Å². The summed E-state index contributed by atoms with van der Waals surface area (Å²) in [5.41, 5.74) is 1.12. The van der Waals surface area contributed by atoms with Gasteiger partial charge in [0.15, 0.2) is 12.4 Å². The summed E-state index contributed by atoms with van der Waals surface area (Å²) in [4.78, 5) is 36.1. The van der Waals surface area contributed by atoms with Gasteiger partial charge < -0.3 is 14.8 Å². The Kier molecular flexibility index (Phi) is 5.93. The van der Waals surface area contributed by atoms with Crippen molar-refractivity contribution in [3.05, 3.63) is 50.4 Å². The van der Waals surface area contributed by atoms with Crippen LogP contribution in [0.15, 0.2) is 24.3 Å². The molecule has 148 valence electrons. The Morgan fingerprint density at radius 1 is 1.36 bits per heavy atom. The fourth-order valence-electron chi connectivity index (χ4n) is 3.19. The third-order valence-corrected chi connectivity index (χ3v) is 5.74. The van der Waals surface area contributed by atoms with Crippen LogP contribution in [-0.2, 0) is 22.4 Å². The fourth-order valence-corrected chi connectivity index (χ4v) is 4.61. The van der Waals surface area contributed by atoms with Gasteiger partial charge >= 0.3 is 11.7 Å². The molecule has 1 aromatic carbocycles. The summed E-state index contributed by atoms with van der Waals surface area (Å²) in [5.74, 6) is -0.464. The van der Waals surface area contributed by atoms with Crippen LogP contribution in [-0.4, -0.2) is 30.5 Å². The fraction of sp³-hybridized carbons (Fsp3) is 0.368. The Bertz CT molecular complexity index is 923. The highest BCUT2D eigenvalue weighted by Crippen LogP contribution is 2.40. The lowest BCUT2D eigenvalue weighted by Crippen LogP contribution is -2.21. The highest BCUT2D eigenvalue weighted by molar-refractivity contribution is 7.17. The second-order valence-electron chi connectivity index (χ2n) is 6.61. The summed E-state index contributed by atoms with van der Waals surface area (Å²) in [6, 6.07) is 5.84. The number of carbonyl (C=O) groups is 2. The zero-order chi connectivity index (χ0) is 20.3. The summed E-state index contributed by atoms with van der Waals surface area (Å²) in [7, 11) is 1.31. The number of thiophene rings is 1. The lowest BCUT2D eigenvalue weighted by Gasteiger charge is -2.18. The molecule has 0 aliphatic heterocycles. The number of rotatable bonds is 6. The predicted octanol–water partition coefficient (Wildman–Crippen LogP) is 3.59. The van der Waals surface area contributed by atoms with Crippen molar-refractivity contribution in [2.24, 2.45) is 5.92 Å². The molecular weight excluding hydrogens is 384 g/mol. The van der Waals surface area contributed by atoms with Crippen molar-refractivity contribution in [1.29, 1.82) is 0 Å². The van der Waals surface area contributed by atoms with Gasteiger partial charge in [0.1, 0.15) is 5.00 Å². The summed E-state index contributed by atoms with van der Waals surface area (Å²) in [6.45, 7) is 1.74. The number of amides is 1. The Balaban J connectivity index is 1.76. The average molecular weight is 404 g/mol. The third-order valence-electron chi connectivity index (χ3n) is 4.57. The number of anilines is 1. The molecule has 28 heavy (non-hydrogen) atoms. The van der Waals surface area contributed by atoms with Crippen LogP contribution in [0.5, 0.6) is 5.75 Å². The van der Waals surface area contributed by atoms with Crippen molar-refractivity contribution >= 4 is 33.9 Å². The molecule has 0 fully saturated rings. The number of benzene rings is 1. The molecule has 9 heteroatoms. The van der Waals surface area contributed by atoms with Crippen molar-refractivity contribution in [2.75, 3.05) is 19.0 Å². The van der Waals surface area contributed by atoms with Gasteiger partial charge in [0, 0.05) is 10.9 Å². The number of nitro benzene ring substituents is 1. The first-order valence-corrected chi connectivity index (χ1v) is 9.61. The van der Waals surface area contributed by atoms with E-state index in [9.17, 15) is 19.7 Å². The molecule has 1 heterocycles. The van der Waals surface area contributed by atoms with E-state index in [1.165, 1.54) is 36.6 Å². The second-order valence-corrected chi connectivity index (χ2v) is 7.71. The Labute approximate surface area is 165 Å². The van der Waals surface area contributed by atoms with E-state index in [4.69, 9.17) is 9.47 Å². The molecule has 0 spiro atoms. The van der Waals surface area contributed by atoms with Crippen LogP contribution in [0.2, 0.25) is 0 Å². The number of nitro groups is 1. The molecule has 8 nitrogen and oxygen atoms in total. The van der Waals surface area contributed by atoms with Crippen molar-refractivity contribution in [2.45, 2.75) is 26.2 Å². The van der Waals surface area contributed by atoms with Gasteiger partial charge in [-0.15, -0.1) is 11.3 Å². The number of methoxy groups -OCH3 is 1. The second kappa shape index (κ2) is 8.39. The molecule has 0 unspecified atom stereocenters. The lowest BCUT2D eigenvalue weighted by atomic mass is 9.88. The maximum Gasteiger partial charge on any atom is 0.341 e. The van der Waals surface area contributed by atoms with Gasteiger partial charge in [-0.2, -0.15) is 0 Å². The minimum Gasteiger partial charge on any atom is -0.477 e. The number of fused-ring (bicyclic) bond motifs is 1. The van der Waals surface area contributed by atoms with Gasteiger partial charge in [-0.3, -0.25) is 14.9 Å². The van der Waals surface area contributed by atoms with E-state index in [1.54, 1.807) is 6.07 Å². The molecular formula is C19H20N2O6S. The number of nitrogens with zero attached hydrogens (tertiary/aromatic N) is 1. The Morgan fingerprint density at radius 3 is 2.82 bits per heavy atom. The predicted molar refractivity (Wildman–Crippen MR) is 104 cm³/mol. The monoisotopic (exact) mass is 404 g/mol. The summed E-state index contributed by atoms with van der Waals surface area (Å²) in [6.07, 6.45) is 2.59. The van der Waals surface area contributed by atoms with Crippen LogP contribution < -0.4 is 10.1 Å². The van der Waals surface area contributed by atoms with Crippen LogP contribution in [0.3, 0.4) is 0 Å². The van der Waals surface area contributed by atoms with Crippen LogP contribution in [0, 0.1) is 16.0 Å². The van der Waals surface area contributed by atoms with E-state index in [-0.39, 0.29) is 11.4 Å². The van der Waals surface area contributed by atoms with Gasteiger partial charge in [-0.05, 0) is 36.8 Å². The number of ether oxygens (including phenoxy) is 2. The summed E-state index contributed by atoms with van der Waals surface area (Å²) >= 11 is 1.37. The normalized spacial score (nSPS) is 15.4. The maximum absolute atomic E-state index is 12.4. The largest absolute Gasteiger partial charge is 0.477 e. The molecule has 1 aliphatic rings. The van der Waals surface area contributed by atoms with Crippen molar-refractivity contribution in [1.82, 2.24) is 0 Å². The van der Waals surface area contributed by atoms with Crippen molar-refractivity contribution in [3.8, 4) is 5.75 Å². The molecule has 0 bridgehead atoms. The first kappa shape index (κ1) is 19.8. The third kappa shape index (κ3) is 4.14. The highest BCUT2D eigenvalue weighted by Gasteiger charge is 2.29. The van der Waals surface area contributed by atoms with E-state index in [1.807, 2.05) is 0 Å². The van der Waals surface area contributed by atoms with Crippen molar-refractivity contribution in [3.63, 3.8) is 0 Å². The SMILES string of the molecule is COC(=O)c1c(NC(=O)COc2ccccc2[N+](=O)[O-])sc2c1CC[C@H](C)C2. The average Bonchev–Trinajstić information content (AvgIpc) is 3.02. The van der Waals surface area contributed by atoms with Crippen LogP contribution in [0.4, 0.5) is 10.7 Å². The van der Waals surface area contributed by atoms with Crippen LogP contribution >= 0.6 is 11.3 Å². The van der Waals surface area contributed by atoms with Gasteiger partial charge in [0.2, 0.25) is 0 Å². The van der Waals surface area contributed by atoms with Gasteiger partial charge in [-0.1, -0.05) is 19.1 Å². The van der Waals surface area contributed by atoms with E-state index >= 15 is 0 Å². The smallest absolute Gasteiger partial charge is 0.341 e. The molecule has 1 aromatic heterocycles. The van der Waals surface area contributed by atoms with E-state index in [0.717, 1.165) is 29.7 Å². The number of nitrogens with one attached hydrogen (secondary N) is 1. The molecule has 1 amide bonds. The zero-order valence-electron chi connectivity index (χ0n) is 15.5. The van der Waals surface area contributed by atoms with Crippen LogP contribution in [0.25, 0.3) is 0 Å². The van der Waals surface area contributed by atoms with E-state index in [0.29, 0.717) is 16.5 Å². The quantitative estimate of drug-likeness (QED) is 0.448. The molecule has 1 atom stereocenters. The highest BCUT2D eigenvalue weighted by atomic mass is 32.1. The van der Waals surface area contributed by atoms with Crippen molar-refractivity contribution < 1.29 is 24.0 Å². The van der Waals surface area contributed by atoms with E-state index < -0.39 is 23.4 Å². The standard InChI is InChI=1S/C19H20N2O6S/c1-11-7-8-12-15(9-11)28-18(17(12)19(23)26-2)20-16(22)10-27-14-6-4-3-5-13(14)21(24)25/h3-6,11H,7-10H2,1-2H3,(H,20,22)/t11-/m0/s1. The first-order valence-electron chi connectivity index (χ1n) is 8.79. The van der Waals surface area contributed by atoms with Gasteiger partial charge in [0.05, 0.1) is 17.6 Å². The molecule has 0 saturated carbocycles. The number of esters is 1. The molecule has 2 aromatic rings. The first-order chi connectivity index (χ1) is 13.4. The Hall–Kier alpha value is -2.94. The summed E-state index contributed by atoms with van der Waals surface area (Å²) in [5, 5.41) is 14.2. The minimum atomic E-state index is -0.572. The Morgan fingerprint density at radius 2 is 2.11 bits per heavy atom. The maximum atomic E-state index is 12.4. The molecule has 0 saturated heterocycles. The molecule has 1 N–H and O–H groups in total. The molecule has 3 rings (SSSR count). The number of hydrogen-bond donors (Lipinski definition) is 1. The van der Waals surface area contributed by atoms with E-state index in [2.05, 4.69) is 12.2 Å². The van der Waals surface area contributed by atoms with Gasteiger partial charge in [-0.25, -0.2) is 4.79 Å². The molecule has 0 radical (unpaired) electrons. The number of carbonyl (C=O) groups excluding carboxylic acids is 2. The number of hydrogen-bond acceptors (Lipinski definition) is 7. The lowest BCUT2D eigenvalue weighted by molar-refractivity contribution is -0.385. The topological polar surface area (TPSA) is 108 Å². The summed E-state index contributed by atoms with van der Waals surface area (Å²) < 4.78 is 10.2. The molecule has 1 aliphatic carbocycles. The number of para-hydroxylation sites is 2. The zero-order valence-corrected chi connectivity index (χ0v) is 16.3. The minimum absolute atomic E-state index is 0.00939. The van der Waals surface area contributed by atoms with Gasteiger partial charge in [0.25, 0.3) is 5.91 Å².